The summed E-state index contributed by atoms with van der Waals surface area (Å²) in [5, 5.41) is 13.8. The molecule has 7 heteroatoms. The van der Waals surface area contributed by atoms with Crippen molar-refractivity contribution in [3.63, 3.8) is 0 Å². The zero-order chi connectivity index (χ0) is 19.5. The zero-order valence-electron chi connectivity index (χ0n) is 14.5. The Morgan fingerprint density at radius 2 is 1.96 bits per heavy atom. The first-order chi connectivity index (χ1) is 13.6. The maximum absolute atomic E-state index is 13.3. The predicted octanol–water partition coefficient (Wildman–Crippen LogP) is 6.51. The number of aromatic nitrogens is 2. The Kier molecular flexibility index (Phi) is 5.41. The first-order valence-corrected chi connectivity index (χ1v) is 9.60. The Morgan fingerprint density at radius 3 is 2.79 bits per heavy atom. The fourth-order valence-electron chi connectivity index (χ4n) is 2.76. The fourth-order valence-corrected chi connectivity index (χ4v) is 3.36. The number of ether oxygens (including phenoxy) is 1. The van der Waals surface area contributed by atoms with Crippen molar-refractivity contribution in [3.8, 4) is 5.75 Å². The SMILES string of the molecule is Fc1cccc(COc2ccc(Nc3nncc4ccc(Br)cc34)cc2Cl)c1. The van der Waals surface area contributed by atoms with E-state index < -0.39 is 0 Å². The minimum Gasteiger partial charge on any atom is -0.487 e. The third-order valence-electron chi connectivity index (χ3n) is 4.10. The molecule has 3 aromatic carbocycles. The lowest BCUT2D eigenvalue weighted by atomic mass is 10.2. The molecule has 140 valence electrons. The first-order valence-electron chi connectivity index (χ1n) is 8.43. The van der Waals surface area contributed by atoms with E-state index in [0.717, 1.165) is 26.5 Å². The number of nitrogens with one attached hydrogen (secondary N) is 1. The van der Waals surface area contributed by atoms with Crippen LogP contribution in [-0.4, -0.2) is 10.2 Å². The second-order valence-corrected chi connectivity index (χ2v) is 7.44. The van der Waals surface area contributed by atoms with Gasteiger partial charge in [-0.2, -0.15) is 5.10 Å². The molecular weight excluding hydrogens is 445 g/mol. The maximum atomic E-state index is 13.3. The van der Waals surface area contributed by atoms with Gasteiger partial charge in [0, 0.05) is 20.9 Å². The van der Waals surface area contributed by atoms with Gasteiger partial charge in [0.25, 0.3) is 0 Å². The minimum atomic E-state index is -0.297. The van der Waals surface area contributed by atoms with E-state index >= 15 is 0 Å². The van der Waals surface area contributed by atoms with E-state index in [-0.39, 0.29) is 12.4 Å². The van der Waals surface area contributed by atoms with Crippen LogP contribution in [0, 0.1) is 5.82 Å². The molecule has 1 heterocycles. The molecule has 0 unspecified atom stereocenters. The highest BCUT2D eigenvalue weighted by atomic mass is 79.9. The van der Waals surface area contributed by atoms with E-state index in [1.165, 1.54) is 12.1 Å². The molecule has 4 rings (SSSR count). The molecule has 0 amide bonds. The molecule has 4 aromatic rings. The van der Waals surface area contributed by atoms with Gasteiger partial charge in [-0.05, 0) is 48.0 Å². The van der Waals surface area contributed by atoms with E-state index in [1.807, 2.05) is 24.3 Å². The van der Waals surface area contributed by atoms with Gasteiger partial charge >= 0.3 is 0 Å². The summed E-state index contributed by atoms with van der Waals surface area (Å²) in [6.07, 6.45) is 1.71. The van der Waals surface area contributed by atoms with Crippen LogP contribution in [0.25, 0.3) is 10.8 Å². The van der Waals surface area contributed by atoms with Crippen molar-refractivity contribution in [2.75, 3.05) is 5.32 Å². The average Bonchev–Trinajstić information content (AvgIpc) is 2.68. The molecular formula is C21H14BrClFN3O. The Balaban J connectivity index is 1.53. The molecule has 0 fully saturated rings. The highest BCUT2D eigenvalue weighted by Crippen LogP contribution is 2.31. The normalized spacial score (nSPS) is 10.8. The van der Waals surface area contributed by atoms with Crippen LogP contribution in [0.5, 0.6) is 5.75 Å². The lowest BCUT2D eigenvalue weighted by molar-refractivity contribution is 0.306. The van der Waals surface area contributed by atoms with Gasteiger partial charge in [0.2, 0.25) is 0 Å². The third kappa shape index (κ3) is 4.24. The van der Waals surface area contributed by atoms with Gasteiger partial charge in [0.15, 0.2) is 5.82 Å². The van der Waals surface area contributed by atoms with Crippen molar-refractivity contribution in [1.29, 1.82) is 0 Å². The van der Waals surface area contributed by atoms with Crippen LogP contribution in [0.15, 0.2) is 71.3 Å². The van der Waals surface area contributed by atoms with E-state index in [4.69, 9.17) is 16.3 Å². The van der Waals surface area contributed by atoms with Gasteiger partial charge < -0.3 is 10.1 Å². The smallest absolute Gasteiger partial charge is 0.161 e. The number of halogens is 3. The lowest BCUT2D eigenvalue weighted by Gasteiger charge is -2.12. The summed E-state index contributed by atoms with van der Waals surface area (Å²) in [6.45, 7) is 0.229. The lowest BCUT2D eigenvalue weighted by Crippen LogP contribution is -1.99. The molecule has 0 atom stereocenters. The number of anilines is 2. The van der Waals surface area contributed by atoms with Gasteiger partial charge in [-0.1, -0.05) is 45.7 Å². The van der Waals surface area contributed by atoms with E-state index in [0.29, 0.717) is 16.6 Å². The molecule has 0 aliphatic rings. The molecule has 0 saturated carbocycles. The highest BCUT2D eigenvalue weighted by Gasteiger charge is 2.08. The first kappa shape index (κ1) is 18.7. The maximum Gasteiger partial charge on any atom is 0.161 e. The summed E-state index contributed by atoms with van der Waals surface area (Å²) in [7, 11) is 0. The van der Waals surface area contributed by atoms with Crippen molar-refractivity contribution in [2.45, 2.75) is 6.61 Å². The Bertz CT molecular complexity index is 1160. The number of benzene rings is 3. The Morgan fingerprint density at radius 1 is 1.07 bits per heavy atom. The molecule has 0 spiro atoms. The van der Waals surface area contributed by atoms with Crippen molar-refractivity contribution in [3.05, 3.63) is 87.7 Å². The van der Waals surface area contributed by atoms with Crippen LogP contribution < -0.4 is 10.1 Å². The summed E-state index contributed by atoms with van der Waals surface area (Å²) in [5.74, 6) is 0.848. The summed E-state index contributed by atoms with van der Waals surface area (Å²) in [6, 6.07) is 17.5. The number of fused-ring (bicyclic) bond motifs is 1. The van der Waals surface area contributed by atoms with E-state index in [2.05, 4.69) is 31.4 Å². The summed E-state index contributed by atoms with van der Waals surface area (Å²) < 4.78 is 19.9. The standard InChI is InChI=1S/C21H14BrClFN3O/c22-15-5-4-14-11-25-27-21(18(14)9-15)26-17-6-7-20(19(23)10-17)28-12-13-2-1-3-16(24)8-13/h1-11H,12H2,(H,26,27). The molecule has 28 heavy (non-hydrogen) atoms. The van der Waals surface area contributed by atoms with Crippen LogP contribution in [0.2, 0.25) is 5.02 Å². The summed E-state index contributed by atoms with van der Waals surface area (Å²) >= 11 is 9.83. The molecule has 1 N–H and O–H groups in total. The van der Waals surface area contributed by atoms with Crippen molar-refractivity contribution in [1.82, 2.24) is 10.2 Å². The second kappa shape index (κ2) is 8.12. The number of hydrogen-bond donors (Lipinski definition) is 1. The van der Waals surface area contributed by atoms with Crippen LogP contribution in [-0.2, 0) is 6.61 Å². The van der Waals surface area contributed by atoms with Crippen LogP contribution in [0.3, 0.4) is 0 Å². The van der Waals surface area contributed by atoms with Crippen molar-refractivity contribution in [2.24, 2.45) is 0 Å². The summed E-state index contributed by atoms with van der Waals surface area (Å²) in [4.78, 5) is 0. The molecule has 0 saturated heterocycles. The molecule has 0 aliphatic heterocycles. The van der Waals surface area contributed by atoms with Crippen molar-refractivity contribution >= 4 is 49.8 Å². The number of rotatable bonds is 5. The van der Waals surface area contributed by atoms with Crippen LogP contribution in [0.1, 0.15) is 5.56 Å². The van der Waals surface area contributed by atoms with Gasteiger partial charge in [0.1, 0.15) is 18.2 Å². The molecule has 4 nitrogen and oxygen atoms in total. The molecule has 0 radical (unpaired) electrons. The van der Waals surface area contributed by atoms with Crippen LogP contribution >= 0.6 is 27.5 Å². The average molecular weight is 459 g/mol. The second-order valence-electron chi connectivity index (χ2n) is 6.11. The quantitative estimate of drug-likeness (QED) is 0.370. The highest BCUT2D eigenvalue weighted by molar-refractivity contribution is 9.10. The monoisotopic (exact) mass is 457 g/mol. The number of hydrogen-bond acceptors (Lipinski definition) is 4. The molecule has 0 bridgehead atoms. The van der Waals surface area contributed by atoms with E-state index in [9.17, 15) is 4.39 Å². The number of nitrogens with zero attached hydrogens (tertiary/aromatic N) is 2. The van der Waals surface area contributed by atoms with Gasteiger partial charge in [-0.15, -0.1) is 5.10 Å². The molecule has 1 aromatic heterocycles. The largest absolute Gasteiger partial charge is 0.487 e. The van der Waals surface area contributed by atoms with Gasteiger partial charge in [-0.3, -0.25) is 0 Å². The van der Waals surface area contributed by atoms with Gasteiger partial charge in [0.05, 0.1) is 11.2 Å². The van der Waals surface area contributed by atoms with Crippen molar-refractivity contribution < 1.29 is 9.13 Å². The Labute approximate surface area is 174 Å². The topological polar surface area (TPSA) is 47.0 Å². The predicted molar refractivity (Wildman–Crippen MR) is 113 cm³/mol. The fraction of sp³-hybridized carbons (Fsp3) is 0.0476. The Hall–Kier alpha value is -2.70. The van der Waals surface area contributed by atoms with E-state index in [1.54, 1.807) is 30.5 Å². The van der Waals surface area contributed by atoms with Crippen LogP contribution in [0.4, 0.5) is 15.9 Å². The third-order valence-corrected chi connectivity index (χ3v) is 4.89. The minimum absolute atomic E-state index is 0.229. The summed E-state index contributed by atoms with van der Waals surface area (Å²) in [5.41, 5.74) is 1.49. The zero-order valence-corrected chi connectivity index (χ0v) is 16.8. The molecule has 0 aliphatic carbocycles. The van der Waals surface area contributed by atoms with Gasteiger partial charge in [-0.25, -0.2) is 4.39 Å².